The molecule has 0 radical (unpaired) electrons. The molecule has 2 atom stereocenters. The van der Waals surface area contributed by atoms with Crippen LogP contribution in [0.5, 0.6) is 0 Å². The minimum absolute atomic E-state index is 0.0250. The highest BCUT2D eigenvalue weighted by Crippen LogP contribution is 2.69. The average molecular weight is 549 g/mol. The lowest BCUT2D eigenvalue weighted by molar-refractivity contribution is 0.243. The molecule has 0 amide bonds. The SMILES string of the molecule is CC1(C)[C@H]2CC[C@@]1(c1ccnc(-c3cnc(CCS(C)(=O)=O)nc3)n1)c1nnc(-c3c(F)cccc3F)cc12. The lowest BCUT2D eigenvalue weighted by Crippen LogP contribution is -2.38. The van der Waals surface area contributed by atoms with Crippen LogP contribution in [-0.2, 0) is 21.7 Å². The van der Waals surface area contributed by atoms with Crippen LogP contribution in [0.2, 0.25) is 0 Å². The van der Waals surface area contributed by atoms with Gasteiger partial charge < -0.3 is 0 Å². The van der Waals surface area contributed by atoms with Crippen LogP contribution in [-0.4, -0.2) is 50.6 Å². The molecule has 1 fully saturated rings. The van der Waals surface area contributed by atoms with Gasteiger partial charge in [-0.2, -0.15) is 5.10 Å². The monoisotopic (exact) mass is 548 g/mol. The molecule has 1 aromatic carbocycles. The molecular weight excluding hydrogens is 522 g/mol. The van der Waals surface area contributed by atoms with Crippen molar-refractivity contribution in [3.8, 4) is 22.6 Å². The standard InChI is InChI=1S/C28H26F2N6O2S/c1-27(2)18-7-10-28(27,25-17(18)13-21(35-36-25)24-19(29)5-4-6-20(24)30)22-8-11-31-26(34-22)16-14-32-23(33-15-16)9-12-39(3,37)38/h4-6,8,11,13-15,18H,7,9-10,12H2,1-3H3/t18-,28+/m0/s1. The van der Waals surface area contributed by atoms with E-state index in [0.29, 0.717) is 17.2 Å². The number of aromatic nitrogens is 6. The van der Waals surface area contributed by atoms with E-state index in [1.165, 1.54) is 24.5 Å². The molecule has 0 unspecified atom stereocenters. The maximum atomic E-state index is 14.5. The molecule has 6 rings (SSSR count). The third kappa shape index (κ3) is 4.02. The van der Waals surface area contributed by atoms with Crippen molar-refractivity contribution in [2.24, 2.45) is 5.41 Å². The van der Waals surface area contributed by atoms with E-state index in [0.717, 1.165) is 29.8 Å². The van der Waals surface area contributed by atoms with Gasteiger partial charge in [-0.15, -0.1) is 5.10 Å². The molecule has 0 spiro atoms. The molecule has 0 N–H and O–H groups in total. The van der Waals surface area contributed by atoms with Crippen molar-refractivity contribution in [2.75, 3.05) is 12.0 Å². The quantitative estimate of drug-likeness (QED) is 0.347. The zero-order chi connectivity index (χ0) is 27.6. The van der Waals surface area contributed by atoms with Crippen molar-refractivity contribution < 1.29 is 17.2 Å². The summed E-state index contributed by atoms with van der Waals surface area (Å²) in [6.45, 7) is 4.36. The Morgan fingerprint density at radius 1 is 1.03 bits per heavy atom. The fraction of sp³-hybridized carbons (Fsp3) is 0.357. The first kappa shape index (κ1) is 25.5. The number of hydrogen-bond donors (Lipinski definition) is 0. The number of fused-ring (bicyclic) bond motifs is 5. The fourth-order valence-corrected chi connectivity index (χ4v) is 6.92. The van der Waals surface area contributed by atoms with E-state index in [1.807, 2.05) is 6.07 Å². The van der Waals surface area contributed by atoms with Crippen molar-refractivity contribution in [2.45, 2.75) is 44.4 Å². The molecule has 200 valence electrons. The number of benzene rings is 1. The Morgan fingerprint density at radius 3 is 2.44 bits per heavy atom. The van der Waals surface area contributed by atoms with Crippen LogP contribution in [0.1, 0.15) is 55.4 Å². The largest absolute Gasteiger partial charge is 0.241 e. The lowest BCUT2D eigenvalue weighted by atomic mass is 9.66. The topological polar surface area (TPSA) is 111 Å². The third-order valence-electron chi connectivity index (χ3n) is 8.35. The molecule has 1 saturated carbocycles. The van der Waals surface area contributed by atoms with Gasteiger partial charge in [0, 0.05) is 31.3 Å². The summed E-state index contributed by atoms with van der Waals surface area (Å²) in [7, 11) is -3.12. The van der Waals surface area contributed by atoms with Crippen LogP contribution in [0.3, 0.4) is 0 Å². The number of hydrogen-bond acceptors (Lipinski definition) is 8. The summed E-state index contributed by atoms with van der Waals surface area (Å²) in [5, 5.41) is 8.87. The van der Waals surface area contributed by atoms with Crippen molar-refractivity contribution in [3.05, 3.63) is 83.3 Å². The minimum atomic E-state index is -3.12. The lowest BCUT2D eigenvalue weighted by Gasteiger charge is -2.37. The second-order valence-electron chi connectivity index (χ2n) is 10.9. The van der Waals surface area contributed by atoms with Gasteiger partial charge in [0.05, 0.1) is 39.4 Å². The molecule has 39 heavy (non-hydrogen) atoms. The summed E-state index contributed by atoms with van der Waals surface area (Å²) >= 11 is 0. The summed E-state index contributed by atoms with van der Waals surface area (Å²) in [6, 6.07) is 7.43. The fourth-order valence-electron chi connectivity index (χ4n) is 6.37. The molecule has 2 bridgehead atoms. The predicted octanol–water partition coefficient (Wildman–Crippen LogP) is 4.46. The minimum Gasteiger partial charge on any atom is -0.241 e. The second-order valence-corrected chi connectivity index (χ2v) is 13.1. The molecular formula is C28H26F2N6O2S. The van der Waals surface area contributed by atoms with Crippen LogP contribution < -0.4 is 0 Å². The molecule has 8 nitrogen and oxygen atoms in total. The first-order valence-corrected chi connectivity index (χ1v) is 14.7. The maximum Gasteiger partial charge on any atom is 0.162 e. The highest BCUT2D eigenvalue weighted by molar-refractivity contribution is 7.90. The van der Waals surface area contributed by atoms with Crippen molar-refractivity contribution in [3.63, 3.8) is 0 Å². The summed E-state index contributed by atoms with van der Waals surface area (Å²) in [5.74, 6) is -0.378. The van der Waals surface area contributed by atoms with E-state index in [-0.39, 0.29) is 34.8 Å². The number of sulfone groups is 1. The van der Waals surface area contributed by atoms with Crippen LogP contribution in [0.15, 0.2) is 48.9 Å². The molecule has 2 aliphatic rings. The third-order valence-corrected chi connectivity index (χ3v) is 9.30. The molecule has 0 aliphatic heterocycles. The second kappa shape index (κ2) is 8.90. The van der Waals surface area contributed by atoms with Gasteiger partial charge in [-0.05, 0) is 54.0 Å². The number of nitrogens with zero attached hydrogens (tertiary/aromatic N) is 6. The summed E-state index contributed by atoms with van der Waals surface area (Å²) in [4.78, 5) is 18.0. The van der Waals surface area contributed by atoms with Gasteiger partial charge in [0.2, 0.25) is 0 Å². The van der Waals surface area contributed by atoms with E-state index >= 15 is 0 Å². The Morgan fingerprint density at radius 2 is 1.74 bits per heavy atom. The Hall–Kier alpha value is -3.73. The highest BCUT2D eigenvalue weighted by atomic mass is 32.2. The number of aryl methyl sites for hydroxylation is 1. The van der Waals surface area contributed by atoms with E-state index in [1.54, 1.807) is 24.7 Å². The molecule has 11 heteroatoms. The van der Waals surface area contributed by atoms with Gasteiger partial charge in [0.25, 0.3) is 0 Å². The number of rotatable bonds is 6. The van der Waals surface area contributed by atoms with Crippen molar-refractivity contribution in [1.29, 1.82) is 0 Å². The van der Waals surface area contributed by atoms with Crippen LogP contribution in [0.4, 0.5) is 8.78 Å². The van der Waals surface area contributed by atoms with Gasteiger partial charge in [-0.3, -0.25) is 0 Å². The van der Waals surface area contributed by atoms with Gasteiger partial charge in [0.1, 0.15) is 27.3 Å². The van der Waals surface area contributed by atoms with Crippen LogP contribution in [0.25, 0.3) is 22.6 Å². The molecule has 2 aliphatic carbocycles. The van der Waals surface area contributed by atoms with E-state index in [4.69, 9.17) is 4.98 Å². The molecule has 0 saturated heterocycles. The molecule has 3 heterocycles. The Balaban J connectivity index is 1.39. The normalized spacial score (nSPS) is 21.2. The molecule has 4 aromatic rings. The predicted molar refractivity (Wildman–Crippen MR) is 140 cm³/mol. The summed E-state index contributed by atoms with van der Waals surface area (Å²) in [5.41, 5.74) is 2.29. The van der Waals surface area contributed by atoms with Gasteiger partial charge in [0.15, 0.2) is 5.82 Å². The first-order chi connectivity index (χ1) is 18.5. The molecule has 3 aromatic heterocycles. The summed E-state index contributed by atoms with van der Waals surface area (Å²) in [6.07, 6.45) is 7.98. The van der Waals surface area contributed by atoms with Crippen LogP contribution in [0, 0.1) is 17.0 Å². The highest BCUT2D eigenvalue weighted by Gasteiger charge is 2.65. The smallest absolute Gasteiger partial charge is 0.162 e. The van der Waals surface area contributed by atoms with Crippen molar-refractivity contribution >= 4 is 9.84 Å². The zero-order valence-electron chi connectivity index (χ0n) is 21.7. The van der Waals surface area contributed by atoms with Gasteiger partial charge in [-0.25, -0.2) is 37.1 Å². The van der Waals surface area contributed by atoms with E-state index in [9.17, 15) is 17.2 Å². The average Bonchev–Trinajstić information content (AvgIpc) is 3.28. The number of halogens is 2. The van der Waals surface area contributed by atoms with Crippen LogP contribution >= 0.6 is 0 Å². The zero-order valence-corrected chi connectivity index (χ0v) is 22.5. The Bertz CT molecular complexity index is 1690. The van der Waals surface area contributed by atoms with E-state index < -0.39 is 26.9 Å². The summed E-state index contributed by atoms with van der Waals surface area (Å²) < 4.78 is 52.0. The first-order valence-electron chi connectivity index (χ1n) is 12.7. The van der Waals surface area contributed by atoms with Crippen molar-refractivity contribution in [1.82, 2.24) is 30.1 Å². The Kier molecular flexibility index (Phi) is 5.83. The van der Waals surface area contributed by atoms with Gasteiger partial charge in [-0.1, -0.05) is 19.9 Å². The van der Waals surface area contributed by atoms with Gasteiger partial charge >= 0.3 is 0 Å². The van der Waals surface area contributed by atoms with E-state index in [2.05, 4.69) is 39.0 Å². The maximum absolute atomic E-state index is 14.5. The Labute approximate surface area is 224 Å².